The number of hydrogen-bond donors (Lipinski definition) is 2. The molecule has 0 aliphatic carbocycles. The highest BCUT2D eigenvalue weighted by atomic mass is 16.1. The van der Waals surface area contributed by atoms with E-state index < -0.39 is 0 Å². The molecule has 3 N–H and O–H groups in total. The van der Waals surface area contributed by atoms with Crippen LogP contribution in [0.25, 0.3) is 0 Å². The fraction of sp³-hybridized carbons (Fsp3) is 0.250. The summed E-state index contributed by atoms with van der Waals surface area (Å²) >= 11 is 0. The quantitative estimate of drug-likeness (QED) is 0.624. The van der Waals surface area contributed by atoms with Gasteiger partial charge in [0.2, 0.25) is 0 Å². The second-order valence-electron chi connectivity index (χ2n) is 4.69. The fourth-order valence-corrected chi connectivity index (χ4v) is 2.01. The summed E-state index contributed by atoms with van der Waals surface area (Å²) in [6, 6.07) is 10.7. The highest BCUT2D eigenvalue weighted by Crippen LogP contribution is 2.10. The van der Waals surface area contributed by atoms with Crippen molar-refractivity contribution >= 4 is 11.5 Å². The van der Waals surface area contributed by atoms with Crippen LogP contribution in [0.4, 0.5) is 5.69 Å². The molecule has 2 rings (SSSR count). The first-order valence-electron chi connectivity index (χ1n) is 6.72. The number of carbonyl (C=O) groups is 1. The normalized spacial score (nSPS) is 12.1. The van der Waals surface area contributed by atoms with Gasteiger partial charge in [0.15, 0.2) is 5.78 Å². The van der Waals surface area contributed by atoms with Gasteiger partial charge in [0.25, 0.3) is 0 Å². The summed E-state index contributed by atoms with van der Waals surface area (Å²) < 4.78 is 0. The molecule has 1 unspecified atom stereocenters. The number of anilines is 1. The SMILES string of the molecule is CCC(NCc1cccnc1)C(=O)c1ccc(N)cc1. The summed E-state index contributed by atoms with van der Waals surface area (Å²) in [6.45, 7) is 2.63. The number of ketones is 1. The summed E-state index contributed by atoms with van der Waals surface area (Å²) in [5.74, 6) is 0.0939. The molecule has 4 nitrogen and oxygen atoms in total. The van der Waals surface area contributed by atoms with E-state index in [0.717, 1.165) is 12.0 Å². The molecule has 104 valence electrons. The smallest absolute Gasteiger partial charge is 0.179 e. The van der Waals surface area contributed by atoms with Crippen molar-refractivity contribution in [1.29, 1.82) is 0 Å². The number of carbonyl (C=O) groups excluding carboxylic acids is 1. The van der Waals surface area contributed by atoms with Crippen LogP contribution in [-0.4, -0.2) is 16.8 Å². The minimum Gasteiger partial charge on any atom is -0.399 e. The lowest BCUT2D eigenvalue weighted by Crippen LogP contribution is -2.35. The van der Waals surface area contributed by atoms with Gasteiger partial charge in [-0.2, -0.15) is 0 Å². The van der Waals surface area contributed by atoms with Crippen molar-refractivity contribution in [1.82, 2.24) is 10.3 Å². The number of rotatable bonds is 6. The van der Waals surface area contributed by atoms with E-state index in [9.17, 15) is 4.79 Å². The van der Waals surface area contributed by atoms with Crippen LogP contribution in [0.5, 0.6) is 0 Å². The molecule has 0 aliphatic heterocycles. The zero-order valence-electron chi connectivity index (χ0n) is 11.5. The molecule has 0 saturated carbocycles. The molecule has 0 bridgehead atoms. The Bertz CT molecular complexity index is 552. The molecule has 1 heterocycles. The first-order valence-corrected chi connectivity index (χ1v) is 6.72. The second-order valence-corrected chi connectivity index (χ2v) is 4.69. The average molecular weight is 269 g/mol. The average Bonchev–Trinajstić information content (AvgIpc) is 2.49. The molecule has 0 amide bonds. The van der Waals surface area contributed by atoms with Crippen LogP contribution in [0, 0.1) is 0 Å². The number of hydrogen-bond acceptors (Lipinski definition) is 4. The van der Waals surface area contributed by atoms with Gasteiger partial charge in [-0.15, -0.1) is 0 Å². The Kier molecular flexibility index (Phi) is 4.85. The number of Topliss-reactive ketones (excluding diaryl/α,β-unsaturated/α-hetero) is 1. The van der Waals surface area contributed by atoms with Gasteiger partial charge in [-0.3, -0.25) is 9.78 Å². The summed E-state index contributed by atoms with van der Waals surface area (Å²) in [5, 5.41) is 3.28. The number of aromatic nitrogens is 1. The molecule has 1 atom stereocenters. The van der Waals surface area contributed by atoms with E-state index in [2.05, 4.69) is 10.3 Å². The third-order valence-corrected chi connectivity index (χ3v) is 3.20. The Labute approximate surface area is 119 Å². The highest BCUT2D eigenvalue weighted by Gasteiger charge is 2.17. The van der Waals surface area contributed by atoms with Crippen LogP contribution in [0.15, 0.2) is 48.8 Å². The van der Waals surface area contributed by atoms with Crippen LogP contribution in [0.1, 0.15) is 29.3 Å². The minimum absolute atomic E-state index is 0.0939. The molecular weight excluding hydrogens is 250 g/mol. The first-order chi connectivity index (χ1) is 9.70. The van der Waals surface area contributed by atoms with E-state index in [1.165, 1.54) is 0 Å². The summed E-state index contributed by atoms with van der Waals surface area (Å²) in [4.78, 5) is 16.5. The molecule has 20 heavy (non-hydrogen) atoms. The van der Waals surface area contributed by atoms with Crippen LogP contribution in [0.3, 0.4) is 0 Å². The maximum absolute atomic E-state index is 12.4. The van der Waals surface area contributed by atoms with Crippen molar-refractivity contribution < 1.29 is 4.79 Å². The lowest BCUT2D eigenvalue weighted by Gasteiger charge is -2.16. The molecule has 0 radical (unpaired) electrons. The van der Waals surface area contributed by atoms with Crippen molar-refractivity contribution in [2.24, 2.45) is 0 Å². The molecule has 0 aliphatic rings. The van der Waals surface area contributed by atoms with E-state index in [-0.39, 0.29) is 11.8 Å². The maximum Gasteiger partial charge on any atom is 0.179 e. The van der Waals surface area contributed by atoms with Gasteiger partial charge in [0, 0.05) is 30.2 Å². The van der Waals surface area contributed by atoms with E-state index in [1.807, 2.05) is 19.1 Å². The number of nitrogens with two attached hydrogens (primary N) is 1. The van der Waals surface area contributed by atoms with E-state index in [1.54, 1.807) is 36.7 Å². The van der Waals surface area contributed by atoms with Gasteiger partial charge in [-0.05, 0) is 42.3 Å². The molecular formula is C16H19N3O. The predicted molar refractivity (Wildman–Crippen MR) is 80.3 cm³/mol. The van der Waals surface area contributed by atoms with Crippen LogP contribution < -0.4 is 11.1 Å². The zero-order valence-corrected chi connectivity index (χ0v) is 11.5. The molecule has 1 aromatic heterocycles. The van der Waals surface area contributed by atoms with Crippen LogP contribution in [-0.2, 0) is 6.54 Å². The third kappa shape index (κ3) is 3.65. The Morgan fingerprint density at radius 1 is 1.30 bits per heavy atom. The van der Waals surface area contributed by atoms with Crippen molar-refractivity contribution in [2.75, 3.05) is 5.73 Å². The standard InChI is InChI=1S/C16H19N3O/c1-2-15(19-11-12-4-3-9-18-10-12)16(20)13-5-7-14(17)8-6-13/h3-10,15,19H,2,11,17H2,1H3. The topological polar surface area (TPSA) is 68.0 Å². The lowest BCUT2D eigenvalue weighted by molar-refractivity contribution is 0.0939. The highest BCUT2D eigenvalue weighted by molar-refractivity contribution is 6.00. The predicted octanol–water partition coefficient (Wildman–Crippen LogP) is 2.41. The summed E-state index contributed by atoms with van der Waals surface area (Å²) in [6.07, 6.45) is 4.28. The zero-order chi connectivity index (χ0) is 14.4. The summed E-state index contributed by atoms with van der Waals surface area (Å²) in [5.41, 5.74) is 8.05. The largest absolute Gasteiger partial charge is 0.399 e. The molecule has 0 spiro atoms. The number of nitrogen functional groups attached to an aromatic ring is 1. The Balaban J connectivity index is 2.00. The van der Waals surface area contributed by atoms with Gasteiger partial charge in [-0.25, -0.2) is 0 Å². The minimum atomic E-state index is -0.196. The molecule has 4 heteroatoms. The van der Waals surface area contributed by atoms with Gasteiger partial charge >= 0.3 is 0 Å². The van der Waals surface area contributed by atoms with Crippen molar-refractivity contribution in [3.8, 4) is 0 Å². The molecule has 1 aromatic carbocycles. The van der Waals surface area contributed by atoms with Gasteiger partial charge in [-0.1, -0.05) is 13.0 Å². The molecule has 0 fully saturated rings. The number of nitrogens with zero attached hydrogens (tertiary/aromatic N) is 1. The van der Waals surface area contributed by atoms with Crippen molar-refractivity contribution in [3.63, 3.8) is 0 Å². The van der Waals surface area contributed by atoms with E-state index in [0.29, 0.717) is 17.8 Å². The van der Waals surface area contributed by atoms with Crippen molar-refractivity contribution in [3.05, 3.63) is 59.9 Å². The fourth-order valence-electron chi connectivity index (χ4n) is 2.01. The summed E-state index contributed by atoms with van der Waals surface area (Å²) in [7, 11) is 0. The van der Waals surface area contributed by atoms with Gasteiger partial charge < -0.3 is 11.1 Å². The third-order valence-electron chi connectivity index (χ3n) is 3.20. The molecule has 0 saturated heterocycles. The first kappa shape index (κ1) is 14.2. The Morgan fingerprint density at radius 3 is 2.65 bits per heavy atom. The van der Waals surface area contributed by atoms with Crippen LogP contribution in [0.2, 0.25) is 0 Å². The Morgan fingerprint density at radius 2 is 2.05 bits per heavy atom. The molecule has 2 aromatic rings. The second kappa shape index (κ2) is 6.82. The van der Waals surface area contributed by atoms with Gasteiger partial charge in [0.1, 0.15) is 0 Å². The van der Waals surface area contributed by atoms with Gasteiger partial charge in [0.05, 0.1) is 6.04 Å². The Hall–Kier alpha value is -2.20. The van der Waals surface area contributed by atoms with E-state index in [4.69, 9.17) is 5.73 Å². The van der Waals surface area contributed by atoms with E-state index >= 15 is 0 Å². The number of pyridine rings is 1. The van der Waals surface area contributed by atoms with Crippen LogP contribution >= 0.6 is 0 Å². The monoisotopic (exact) mass is 269 g/mol. The van der Waals surface area contributed by atoms with Crippen molar-refractivity contribution in [2.45, 2.75) is 25.9 Å². The lowest BCUT2D eigenvalue weighted by atomic mass is 10.0. The number of benzene rings is 1. The number of nitrogens with one attached hydrogen (secondary N) is 1. The maximum atomic E-state index is 12.4.